The summed E-state index contributed by atoms with van der Waals surface area (Å²) in [6.45, 7) is 5.00. The minimum Gasteiger partial charge on any atom is -0.466 e. The van der Waals surface area contributed by atoms with Crippen LogP contribution in [0.1, 0.15) is 38.7 Å². The molecule has 1 aliphatic rings. The molecule has 1 aromatic rings. The quantitative estimate of drug-likeness (QED) is 0.574. The lowest BCUT2D eigenvalue weighted by Gasteiger charge is -2.43. The first kappa shape index (κ1) is 20.6. The molecular weight excluding hydrogens is 404 g/mol. The van der Waals surface area contributed by atoms with E-state index >= 15 is 0 Å². The number of Topliss-reactive ketones (excluding diaryl/α,β-unsaturated/α-hetero) is 1. The summed E-state index contributed by atoms with van der Waals surface area (Å²) in [7, 11) is 0. The Kier molecular flexibility index (Phi) is 6.58. The van der Waals surface area contributed by atoms with E-state index in [0.29, 0.717) is 5.56 Å². The van der Waals surface area contributed by atoms with E-state index in [1.54, 1.807) is 38.1 Å². The molecule has 0 radical (unpaired) electrons. The molecule has 2 rings (SSSR count). The van der Waals surface area contributed by atoms with Crippen molar-refractivity contribution in [2.24, 2.45) is 11.8 Å². The Morgan fingerprint density at radius 1 is 1.15 bits per heavy atom. The van der Waals surface area contributed by atoms with Crippen LogP contribution in [0, 0.1) is 11.8 Å². The number of esters is 2. The summed E-state index contributed by atoms with van der Waals surface area (Å²) in [4.78, 5) is 37.8. The number of ketones is 1. The molecule has 142 valence electrons. The van der Waals surface area contributed by atoms with E-state index in [1.807, 2.05) is 0 Å². The lowest BCUT2D eigenvalue weighted by Crippen LogP contribution is -2.55. The van der Waals surface area contributed by atoms with Gasteiger partial charge in [-0.15, -0.1) is 0 Å². The molecule has 7 heteroatoms. The van der Waals surface area contributed by atoms with Gasteiger partial charge in [-0.05, 0) is 38.5 Å². The van der Waals surface area contributed by atoms with E-state index in [1.165, 1.54) is 6.92 Å². The monoisotopic (exact) mass is 426 g/mol. The van der Waals surface area contributed by atoms with Crippen molar-refractivity contribution in [2.45, 2.75) is 38.7 Å². The van der Waals surface area contributed by atoms with Gasteiger partial charge in [0.15, 0.2) is 5.78 Å². The lowest BCUT2D eigenvalue weighted by atomic mass is 9.62. The minimum atomic E-state index is -1.62. The van der Waals surface area contributed by atoms with Gasteiger partial charge >= 0.3 is 11.9 Å². The van der Waals surface area contributed by atoms with Crippen molar-refractivity contribution in [1.82, 2.24) is 0 Å². The Bertz CT molecular complexity index is 682. The zero-order valence-electron chi connectivity index (χ0n) is 15.0. The first-order chi connectivity index (χ1) is 12.2. The van der Waals surface area contributed by atoms with Crippen molar-refractivity contribution in [1.29, 1.82) is 0 Å². The van der Waals surface area contributed by atoms with Crippen LogP contribution in [0.25, 0.3) is 0 Å². The van der Waals surface area contributed by atoms with Gasteiger partial charge in [-0.3, -0.25) is 14.4 Å². The first-order valence-corrected chi connectivity index (χ1v) is 9.36. The fraction of sp³-hybridized carbons (Fsp3) is 0.526. The Morgan fingerprint density at radius 3 is 2.23 bits per heavy atom. The molecule has 0 unspecified atom stereocenters. The number of hydrogen-bond acceptors (Lipinski definition) is 6. The molecule has 1 fully saturated rings. The summed E-state index contributed by atoms with van der Waals surface area (Å²) in [6.07, 6.45) is -0.313. The molecule has 4 atom stereocenters. The van der Waals surface area contributed by atoms with E-state index in [0.717, 1.165) is 4.47 Å². The average Bonchev–Trinajstić information content (AvgIpc) is 2.54. The van der Waals surface area contributed by atoms with Crippen LogP contribution < -0.4 is 0 Å². The van der Waals surface area contributed by atoms with Gasteiger partial charge in [0.1, 0.15) is 5.92 Å². The van der Waals surface area contributed by atoms with E-state index in [4.69, 9.17) is 9.47 Å². The highest BCUT2D eigenvalue weighted by atomic mass is 79.9. The van der Waals surface area contributed by atoms with Gasteiger partial charge in [-0.1, -0.05) is 28.1 Å². The number of halogens is 1. The highest BCUT2D eigenvalue weighted by Gasteiger charge is 2.57. The van der Waals surface area contributed by atoms with Crippen LogP contribution in [-0.4, -0.2) is 41.6 Å². The molecule has 26 heavy (non-hydrogen) atoms. The highest BCUT2D eigenvalue weighted by molar-refractivity contribution is 9.10. The van der Waals surface area contributed by atoms with Crippen molar-refractivity contribution >= 4 is 33.7 Å². The summed E-state index contributed by atoms with van der Waals surface area (Å²) in [5.41, 5.74) is -1.03. The number of rotatable bonds is 5. The number of hydrogen-bond donors (Lipinski definition) is 1. The van der Waals surface area contributed by atoms with Crippen LogP contribution in [0.4, 0.5) is 0 Å². The zero-order valence-corrected chi connectivity index (χ0v) is 16.6. The maximum atomic E-state index is 12.7. The largest absolute Gasteiger partial charge is 0.466 e. The molecule has 0 aromatic heterocycles. The number of ether oxygens (including phenoxy) is 2. The minimum absolute atomic E-state index is 0.121. The number of benzene rings is 1. The van der Waals surface area contributed by atoms with E-state index in [2.05, 4.69) is 15.9 Å². The molecule has 6 nitrogen and oxygen atoms in total. The SMILES string of the molecule is CCOC(=O)[C@@H]1C(=O)C[C@](C)(O)[C@H](C(=O)OCC)[C@@H]1c1ccc(Br)cc1. The van der Waals surface area contributed by atoms with E-state index in [-0.39, 0.29) is 19.6 Å². The van der Waals surface area contributed by atoms with E-state index < -0.39 is 41.1 Å². The predicted octanol–water partition coefficient (Wildman–Crippen LogP) is 2.62. The topological polar surface area (TPSA) is 89.9 Å². The Hall–Kier alpha value is -1.73. The fourth-order valence-corrected chi connectivity index (χ4v) is 3.83. The van der Waals surface area contributed by atoms with Gasteiger partial charge in [0.2, 0.25) is 0 Å². The third kappa shape index (κ3) is 4.15. The van der Waals surface area contributed by atoms with E-state index in [9.17, 15) is 19.5 Å². The van der Waals surface area contributed by atoms with Crippen LogP contribution in [0.15, 0.2) is 28.7 Å². The molecule has 0 amide bonds. The summed E-state index contributed by atoms with van der Waals surface area (Å²) in [5.74, 6) is -4.84. The van der Waals surface area contributed by atoms with Gasteiger partial charge in [-0.2, -0.15) is 0 Å². The van der Waals surface area contributed by atoms with Gasteiger partial charge in [0.05, 0.1) is 24.7 Å². The number of carbonyl (C=O) groups excluding carboxylic acids is 3. The summed E-state index contributed by atoms with van der Waals surface area (Å²) < 4.78 is 11.0. The predicted molar refractivity (Wildman–Crippen MR) is 97.4 cm³/mol. The maximum Gasteiger partial charge on any atom is 0.317 e. The summed E-state index contributed by atoms with van der Waals surface area (Å²) in [5, 5.41) is 10.8. The Labute approximate surface area is 161 Å². The normalized spacial score (nSPS) is 28.5. The van der Waals surface area contributed by atoms with Crippen LogP contribution in [0.5, 0.6) is 0 Å². The third-order valence-corrected chi connectivity index (χ3v) is 5.13. The molecule has 0 aliphatic heterocycles. The summed E-state index contributed by atoms with van der Waals surface area (Å²) in [6, 6.07) is 6.96. The van der Waals surface area contributed by atoms with Gasteiger partial charge in [0.25, 0.3) is 0 Å². The summed E-state index contributed by atoms with van der Waals surface area (Å²) >= 11 is 3.34. The second-order valence-corrected chi connectivity index (χ2v) is 7.45. The smallest absolute Gasteiger partial charge is 0.317 e. The molecule has 0 spiro atoms. The lowest BCUT2D eigenvalue weighted by molar-refractivity contribution is -0.172. The first-order valence-electron chi connectivity index (χ1n) is 8.56. The molecule has 1 saturated carbocycles. The molecular formula is C19H23BrO6. The number of aliphatic hydroxyl groups is 1. The average molecular weight is 427 g/mol. The molecule has 1 aromatic carbocycles. The highest BCUT2D eigenvalue weighted by Crippen LogP contribution is 2.46. The van der Waals surface area contributed by atoms with Crippen molar-refractivity contribution in [2.75, 3.05) is 13.2 Å². The third-order valence-electron chi connectivity index (χ3n) is 4.60. The molecule has 0 bridgehead atoms. The maximum absolute atomic E-state index is 12.7. The van der Waals surface area contributed by atoms with Crippen molar-refractivity contribution in [3.8, 4) is 0 Å². The van der Waals surface area contributed by atoms with Gasteiger partial charge in [0, 0.05) is 16.8 Å². The second-order valence-electron chi connectivity index (χ2n) is 6.54. The Balaban J connectivity index is 2.59. The second kappa shape index (κ2) is 8.31. The van der Waals surface area contributed by atoms with Gasteiger partial charge in [-0.25, -0.2) is 0 Å². The fourth-order valence-electron chi connectivity index (χ4n) is 3.56. The van der Waals surface area contributed by atoms with Crippen molar-refractivity contribution < 1.29 is 29.0 Å². The van der Waals surface area contributed by atoms with Crippen LogP contribution in [0.2, 0.25) is 0 Å². The standard InChI is InChI=1S/C19H23BrO6/c1-4-25-17(22)15-13(21)10-19(3,24)16(18(23)26-5-2)14(15)11-6-8-12(20)9-7-11/h6-9,14-16,24H,4-5,10H2,1-3H3/t14-,15-,16+,19+/m1/s1. The molecule has 1 N–H and O–H groups in total. The number of carbonyl (C=O) groups is 3. The molecule has 1 aliphatic carbocycles. The van der Waals surface area contributed by atoms with Crippen LogP contribution >= 0.6 is 15.9 Å². The van der Waals surface area contributed by atoms with Crippen LogP contribution in [0.3, 0.4) is 0 Å². The zero-order chi connectivity index (χ0) is 19.5. The molecule has 0 saturated heterocycles. The van der Waals surface area contributed by atoms with Crippen LogP contribution in [-0.2, 0) is 23.9 Å². The van der Waals surface area contributed by atoms with Crippen molar-refractivity contribution in [3.05, 3.63) is 34.3 Å². The van der Waals surface area contributed by atoms with Crippen molar-refractivity contribution in [3.63, 3.8) is 0 Å². The van der Waals surface area contributed by atoms with Gasteiger partial charge < -0.3 is 14.6 Å². The Morgan fingerprint density at radius 2 is 1.69 bits per heavy atom. The molecule has 0 heterocycles.